The number of hydrogen-bond donors (Lipinski definition) is 1. The molecule has 3 aromatic rings. The van der Waals surface area contributed by atoms with Crippen molar-refractivity contribution < 1.29 is 4.79 Å². The van der Waals surface area contributed by atoms with E-state index in [1.165, 1.54) is 5.56 Å². The molecule has 2 aromatic carbocycles. The van der Waals surface area contributed by atoms with Crippen LogP contribution in [-0.2, 0) is 19.4 Å². The lowest BCUT2D eigenvalue weighted by Gasteiger charge is -2.19. The van der Waals surface area contributed by atoms with Crippen LogP contribution in [0.2, 0.25) is 0 Å². The summed E-state index contributed by atoms with van der Waals surface area (Å²) in [4.78, 5) is 12.3. The van der Waals surface area contributed by atoms with Gasteiger partial charge in [0.2, 0.25) is 0 Å². The van der Waals surface area contributed by atoms with Gasteiger partial charge in [0.05, 0.1) is 12.2 Å². The molecule has 1 N–H and O–H groups in total. The number of carbonyl (C=O) groups excluding carboxylic acids is 1. The fourth-order valence-electron chi connectivity index (χ4n) is 3.06. The van der Waals surface area contributed by atoms with Crippen molar-refractivity contribution in [2.75, 3.05) is 0 Å². The largest absolute Gasteiger partial charge is 0.345 e. The van der Waals surface area contributed by atoms with Gasteiger partial charge in [-0.25, -0.2) is 0 Å². The van der Waals surface area contributed by atoms with Gasteiger partial charge in [-0.2, -0.15) is 0 Å². The van der Waals surface area contributed by atoms with Gasteiger partial charge in [-0.3, -0.25) is 9.36 Å². The van der Waals surface area contributed by atoms with E-state index in [0.29, 0.717) is 12.1 Å². The van der Waals surface area contributed by atoms with E-state index in [1.807, 2.05) is 43.3 Å². The zero-order valence-corrected chi connectivity index (χ0v) is 13.5. The smallest absolute Gasteiger partial charge is 0.251 e. The normalized spacial score (nSPS) is 12.4. The monoisotopic (exact) mass is 318 g/mol. The first-order valence-corrected chi connectivity index (χ1v) is 8.09. The first-order valence-electron chi connectivity index (χ1n) is 8.09. The minimum absolute atomic E-state index is 0.101. The highest BCUT2D eigenvalue weighted by molar-refractivity contribution is 5.94. The molecule has 4 rings (SSSR count). The molecule has 0 saturated heterocycles. The summed E-state index contributed by atoms with van der Waals surface area (Å²) in [5, 5.41) is 11.5. The molecule has 0 atom stereocenters. The standard InChI is InChI=1S/C19H18N4O/c1-13-6-8-15(9-7-13)19(24)20-12-18-22-21-17-11-10-14-4-2-3-5-16(14)23(17)18/h2-9H,10-12H2,1H3,(H,20,24). The Morgan fingerprint density at radius 1 is 1.08 bits per heavy atom. The van der Waals surface area contributed by atoms with Gasteiger partial charge >= 0.3 is 0 Å². The number of aryl methyl sites for hydroxylation is 3. The number of fused-ring (bicyclic) bond motifs is 3. The highest BCUT2D eigenvalue weighted by Gasteiger charge is 2.21. The Balaban J connectivity index is 1.56. The Morgan fingerprint density at radius 2 is 1.88 bits per heavy atom. The molecule has 1 aromatic heterocycles. The number of amides is 1. The van der Waals surface area contributed by atoms with Gasteiger partial charge in [-0.15, -0.1) is 10.2 Å². The molecule has 2 heterocycles. The van der Waals surface area contributed by atoms with Crippen molar-refractivity contribution in [3.05, 3.63) is 76.9 Å². The van der Waals surface area contributed by atoms with Gasteiger partial charge in [0, 0.05) is 12.0 Å². The van der Waals surface area contributed by atoms with E-state index >= 15 is 0 Å². The molecule has 0 fully saturated rings. The third-order valence-electron chi connectivity index (χ3n) is 4.37. The van der Waals surface area contributed by atoms with Crippen LogP contribution in [0.15, 0.2) is 48.5 Å². The summed E-state index contributed by atoms with van der Waals surface area (Å²) in [6.07, 6.45) is 1.85. The van der Waals surface area contributed by atoms with Crippen molar-refractivity contribution in [1.29, 1.82) is 0 Å². The predicted octanol–water partition coefficient (Wildman–Crippen LogP) is 2.60. The number of benzene rings is 2. The van der Waals surface area contributed by atoms with E-state index < -0.39 is 0 Å². The number of hydrogen-bond acceptors (Lipinski definition) is 3. The maximum absolute atomic E-state index is 12.3. The van der Waals surface area contributed by atoms with Crippen LogP contribution in [-0.4, -0.2) is 20.7 Å². The molecule has 0 radical (unpaired) electrons. The number of para-hydroxylation sites is 1. The van der Waals surface area contributed by atoms with Gasteiger partial charge in [0.25, 0.3) is 5.91 Å². The Hall–Kier alpha value is -2.95. The zero-order valence-electron chi connectivity index (χ0n) is 13.5. The van der Waals surface area contributed by atoms with E-state index in [1.54, 1.807) is 0 Å². The molecule has 0 bridgehead atoms. The second-order valence-electron chi connectivity index (χ2n) is 6.05. The molecule has 0 unspecified atom stereocenters. The van der Waals surface area contributed by atoms with Gasteiger partial charge in [0.15, 0.2) is 5.82 Å². The molecule has 1 amide bonds. The Kier molecular flexibility index (Phi) is 3.61. The van der Waals surface area contributed by atoms with E-state index in [9.17, 15) is 4.79 Å². The number of aromatic nitrogens is 3. The summed E-state index contributed by atoms with van der Waals surface area (Å²) in [6, 6.07) is 15.8. The van der Waals surface area contributed by atoms with Crippen LogP contribution in [0.4, 0.5) is 0 Å². The summed E-state index contributed by atoms with van der Waals surface area (Å²) in [5.74, 6) is 1.61. The molecule has 120 valence electrons. The lowest BCUT2D eigenvalue weighted by Crippen LogP contribution is -2.25. The van der Waals surface area contributed by atoms with Crippen LogP contribution >= 0.6 is 0 Å². The minimum Gasteiger partial charge on any atom is -0.345 e. The van der Waals surface area contributed by atoms with Crippen molar-refractivity contribution in [1.82, 2.24) is 20.1 Å². The first-order chi connectivity index (χ1) is 11.7. The average Bonchev–Trinajstić information content (AvgIpc) is 3.04. The summed E-state index contributed by atoms with van der Waals surface area (Å²) in [5.41, 5.74) is 4.19. The number of nitrogens with zero attached hydrogens (tertiary/aromatic N) is 3. The lowest BCUT2D eigenvalue weighted by atomic mass is 10.0. The average molecular weight is 318 g/mol. The molecular weight excluding hydrogens is 300 g/mol. The van der Waals surface area contributed by atoms with Crippen molar-refractivity contribution >= 4 is 5.91 Å². The number of carbonyl (C=O) groups is 1. The molecular formula is C19H18N4O. The van der Waals surface area contributed by atoms with Crippen molar-refractivity contribution in [2.45, 2.75) is 26.3 Å². The van der Waals surface area contributed by atoms with E-state index in [0.717, 1.165) is 35.7 Å². The SMILES string of the molecule is Cc1ccc(C(=O)NCc2nnc3n2-c2ccccc2CC3)cc1. The van der Waals surface area contributed by atoms with Gasteiger partial charge < -0.3 is 5.32 Å². The molecule has 1 aliphatic rings. The Morgan fingerprint density at radius 3 is 2.71 bits per heavy atom. The molecule has 0 saturated carbocycles. The zero-order chi connectivity index (χ0) is 16.5. The van der Waals surface area contributed by atoms with Crippen LogP contribution in [0, 0.1) is 6.92 Å². The van der Waals surface area contributed by atoms with Gasteiger partial charge in [-0.1, -0.05) is 35.9 Å². The van der Waals surface area contributed by atoms with Crippen LogP contribution in [0.1, 0.15) is 33.1 Å². The van der Waals surface area contributed by atoms with Gasteiger partial charge in [0.1, 0.15) is 5.82 Å². The second-order valence-corrected chi connectivity index (χ2v) is 6.05. The van der Waals surface area contributed by atoms with E-state index in [4.69, 9.17) is 0 Å². The highest BCUT2D eigenvalue weighted by Crippen LogP contribution is 2.24. The molecule has 0 spiro atoms. The molecule has 5 nitrogen and oxygen atoms in total. The minimum atomic E-state index is -0.101. The van der Waals surface area contributed by atoms with E-state index in [2.05, 4.69) is 32.2 Å². The highest BCUT2D eigenvalue weighted by atomic mass is 16.1. The second kappa shape index (κ2) is 5.92. The number of rotatable bonds is 3. The quantitative estimate of drug-likeness (QED) is 0.807. The van der Waals surface area contributed by atoms with Crippen LogP contribution < -0.4 is 5.32 Å². The topological polar surface area (TPSA) is 59.8 Å². The fourth-order valence-corrected chi connectivity index (χ4v) is 3.06. The van der Waals surface area contributed by atoms with Gasteiger partial charge in [-0.05, 0) is 37.1 Å². The van der Waals surface area contributed by atoms with E-state index in [-0.39, 0.29) is 5.91 Å². The fraction of sp³-hybridized carbons (Fsp3) is 0.211. The summed E-state index contributed by atoms with van der Waals surface area (Å²) >= 11 is 0. The molecule has 5 heteroatoms. The summed E-state index contributed by atoms with van der Waals surface area (Å²) in [6.45, 7) is 2.36. The van der Waals surface area contributed by atoms with Crippen LogP contribution in [0.25, 0.3) is 5.69 Å². The molecule has 0 aliphatic carbocycles. The third kappa shape index (κ3) is 2.58. The van der Waals surface area contributed by atoms with Crippen molar-refractivity contribution in [3.63, 3.8) is 0 Å². The maximum Gasteiger partial charge on any atom is 0.251 e. The van der Waals surface area contributed by atoms with Crippen LogP contribution in [0.5, 0.6) is 0 Å². The molecule has 24 heavy (non-hydrogen) atoms. The van der Waals surface area contributed by atoms with Crippen molar-refractivity contribution in [3.8, 4) is 5.69 Å². The number of nitrogens with one attached hydrogen (secondary N) is 1. The Bertz CT molecular complexity index is 896. The Labute approximate surface area is 140 Å². The maximum atomic E-state index is 12.3. The van der Waals surface area contributed by atoms with Crippen LogP contribution in [0.3, 0.4) is 0 Å². The molecule has 1 aliphatic heterocycles. The summed E-state index contributed by atoms with van der Waals surface area (Å²) < 4.78 is 2.06. The third-order valence-corrected chi connectivity index (χ3v) is 4.37. The lowest BCUT2D eigenvalue weighted by molar-refractivity contribution is 0.0949. The van der Waals surface area contributed by atoms with Crippen molar-refractivity contribution in [2.24, 2.45) is 0 Å². The summed E-state index contributed by atoms with van der Waals surface area (Å²) in [7, 11) is 0. The first kappa shape index (κ1) is 14.6. The predicted molar refractivity (Wildman–Crippen MR) is 91.1 cm³/mol.